The van der Waals surface area contributed by atoms with Crippen LogP contribution in [0.1, 0.15) is 85.1 Å². The molecule has 5 rings (SSSR count). The van der Waals surface area contributed by atoms with Crippen LogP contribution in [0, 0.1) is 0 Å². The third-order valence-electron chi connectivity index (χ3n) is 6.37. The molecule has 7 nitrogen and oxygen atoms in total. The Morgan fingerprint density at radius 1 is 1.03 bits per heavy atom. The van der Waals surface area contributed by atoms with Crippen molar-refractivity contribution in [3.8, 4) is 5.75 Å². The van der Waals surface area contributed by atoms with Crippen molar-refractivity contribution in [1.29, 1.82) is 0 Å². The molecule has 0 aliphatic carbocycles. The molecular weight excluding hydrogens is 474 g/mol. The minimum Gasteiger partial charge on any atom is -0.494 e. The number of rotatable bonds is 9. The average Bonchev–Trinajstić information content (AvgIpc) is 3.48. The van der Waals surface area contributed by atoms with E-state index in [1.54, 1.807) is 29.2 Å². The topological polar surface area (TPSA) is 85.5 Å². The van der Waals surface area contributed by atoms with E-state index in [0.717, 1.165) is 29.2 Å². The summed E-state index contributed by atoms with van der Waals surface area (Å²) in [5.74, 6) is 0.600. The second kappa shape index (κ2) is 10.2. The SMILES string of the molecule is CCCCCCOc1ccc([C@H]2c3c(oc4ccccc4c3=O)C(=O)N2c2nnc(C(C)C)s2)cc1. The Hall–Kier alpha value is -3.52. The van der Waals surface area contributed by atoms with Crippen molar-refractivity contribution < 1.29 is 13.9 Å². The monoisotopic (exact) mass is 503 g/mol. The third kappa shape index (κ3) is 4.41. The normalized spacial score (nSPS) is 15.2. The van der Waals surface area contributed by atoms with Crippen molar-refractivity contribution in [2.45, 2.75) is 58.4 Å². The van der Waals surface area contributed by atoms with Gasteiger partial charge in [-0.2, -0.15) is 0 Å². The minimum atomic E-state index is -0.667. The molecule has 1 aliphatic heterocycles. The van der Waals surface area contributed by atoms with Gasteiger partial charge in [-0.25, -0.2) is 0 Å². The van der Waals surface area contributed by atoms with Gasteiger partial charge < -0.3 is 9.15 Å². The van der Waals surface area contributed by atoms with Crippen molar-refractivity contribution in [1.82, 2.24) is 10.2 Å². The molecule has 4 aromatic rings. The highest BCUT2D eigenvalue weighted by atomic mass is 32.1. The van der Waals surface area contributed by atoms with Crippen LogP contribution in [0.5, 0.6) is 5.75 Å². The van der Waals surface area contributed by atoms with E-state index in [1.165, 1.54) is 24.2 Å². The number of carbonyl (C=O) groups excluding carboxylic acids is 1. The summed E-state index contributed by atoms with van der Waals surface area (Å²) in [6, 6.07) is 13.9. The lowest BCUT2D eigenvalue weighted by Gasteiger charge is -2.22. The molecular formula is C28H29N3O4S. The maximum atomic E-state index is 13.7. The van der Waals surface area contributed by atoms with E-state index in [2.05, 4.69) is 17.1 Å². The second-order valence-electron chi connectivity index (χ2n) is 9.30. The molecule has 186 valence electrons. The molecule has 0 radical (unpaired) electrons. The number of unbranched alkanes of at least 4 members (excludes halogenated alkanes) is 3. The predicted octanol–water partition coefficient (Wildman–Crippen LogP) is 6.48. The van der Waals surface area contributed by atoms with E-state index in [1.807, 2.05) is 38.1 Å². The largest absolute Gasteiger partial charge is 0.494 e. The molecule has 36 heavy (non-hydrogen) atoms. The fourth-order valence-electron chi connectivity index (χ4n) is 4.45. The smallest absolute Gasteiger partial charge is 0.297 e. The van der Waals surface area contributed by atoms with E-state index >= 15 is 0 Å². The first-order chi connectivity index (χ1) is 17.5. The zero-order valence-electron chi connectivity index (χ0n) is 20.7. The van der Waals surface area contributed by atoms with Crippen LogP contribution in [-0.2, 0) is 0 Å². The summed E-state index contributed by atoms with van der Waals surface area (Å²) >= 11 is 1.36. The molecule has 1 aliphatic rings. The van der Waals surface area contributed by atoms with Gasteiger partial charge in [0.25, 0.3) is 5.91 Å². The Kier molecular flexibility index (Phi) is 6.87. The number of amides is 1. The maximum Gasteiger partial charge on any atom is 0.297 e. The van der Waals surface area contributed by atoms with Crippen LogP contribution in [0.2, 0.25) is 0 Å². The van der Waals surface area contributed by atoms with Gasteiger partial charge in [-0.15, -0.1) is 10.2 Å². The molecule has 2 aromatic heterocycles. The number of hydrogen-bond acceptors (Lipinski definition) is 7. The van der Waals surface area contributed by atoms with Gasteiger partial charge in [0.1, 0.15) is 16.3 Å². The Bertz CT molecular complexity index is 1440. The summed E-state index contributed by atoms with van der Waals surface area (Å²) in [7, 11) is 0. The van der Waals surface area contributed by atoms with Gasteiger partial charge in [0.05, 0.1) is 23.6 Å². The van der Waals surface area contributed by atoms with Crippen molar-refractivity contribution in [2.24, 2.45) is 0 Å². The summed E-state index contributed by atoms with van der Waals surface area (Å²) in [6.45, 7) is 6.90. The van der Waals surface area contributed by atoms with Gasteiger partial charge in [-0.05, 0) is 36.2 Å². The molecule has 1 atom stereocenters. The van der Waals surface area contributed by atoms with Crippen LogP contribution < -0.4 is 15.1 Å². The number of fused-ring (bicyclic) bond motifs is 2. The summed E-state index contributed by atoms with van der Waals surface area (Å²) in [5, 5.41) is 10.3. The minimum absolute atomic E-state index is 0.0567. The molecule has 0 spiro atoms. The number of carbonyl (C=O) groups is 1. The number of hydrogen-bond donors (Lipinski definition) is 0. The molecule has 0 saturated carbocycles. The van der Waals surface area contributed by atoms with Gasteiger partial charge >= 0.3 is 0 Å². The fourth-order valence-corrected chi connectivity index (χ4v) is 5.33. The van der Waals surface area contributed by atoms with Crippen LogP contribution in [0.25, 0.3) is 11.0 Å². The molecule has 0 fully saturated rings. The Balaban J connectivity index is 1.55. The number of benzene rings is 2. The van der Waals surface area contributed by atoms with E-state index in [4.69, 9.17) is 9.15 Å². The van der Waals surface area contributed by atoms with Crippen molar-refractivity contribution in [2.75, 3.05) is 11.5 Å². The predicted molar refractivity (Wildman–Crippen MR) is 141 cm³/mol. The standard InChI is InChI=1S/C28H29N3O4S/c1-4-5-6-9-16-34-19-14-12-18(13-15-19)23-22-24(32)20-10-7-8-11-21(20)35-25(22)27(33)31(23)28-30-29-26(36-28)17(2)3/h7-8,10-15,17,23H,4-6,9,16H2,1-3H3/t23-/m0/s1. The van der Waals surface area contributed by atoms with Crippen LogP contribution in [-0.4, -0.2) is 22.7 Å². The second-order valence-corrected chi connectivity index (χ2v) is 10.3. The summed E-state index contributed by atoms with van der Waals surface area (Å²) in [6.07, 6.45) is 4.55. The first kappa shape index (κ1) is 24.2. The van der Waals surface area contributed by atoms with E-state index < -0.39 is 6.04 Å². The maximum absolute atomic E-state index is 13.7. The number of ether oxygens (including phenoxy) is 1. The van der Waals surface area contributed by atoms with E-state index in [-0.39, 0.29) is 23.0 Å². The van der Waals surface area contributed by atoms with Gasteiger partial charge in [0, 0.05) is 5.92 Å². The van der Waals surface area contributed by atoms with Crippen LogP contribution in [0.4, 0.5) is 5.13 Å². The first-order valence-electron chi connectivity index (χ1n) is 12.4. The summed E-state index contributed by atoms with van der Waals surface area (Å²) < 4.78 is 11.9. The molecule has 0 unspecified atom stereocenters. The highest BCUT2D eigenvalue weighted by molar-refractivity contribution is 7.15. The highest BCUT2D eigenvalue weighted by Crippen LogP contribution is 2.43. The summed E-state index contributed by atoms with van der Waals surface area (Å²) in [5.41, 5.74) is 1.29. The van der Waals surface area contributed by atoms with Crippen molar-refractivity contribution >= 4 is 33.3 Å². The van der Waals surface area contributed by atoms with Crippen LogP contribution in [0.15, 0.2) is 57.7 Å². The quantitative estimate of drug-likeness (QED) is 0.243. The van der Waals surface area contributed by atoms with Crippen LogP contribution in [0.3, 0.4) is 0 Å². The van der Waals surface area contributed by atoms with E-state index in [9.17, 15) is 9.59 Å². The Labute approximate surface area is 213 Å². The van der Waals surface area contributed by atoms with Gasteiger partial charge in [0.15, 0.2) is 5.43 Å². The lowest BCUT2D eigenvalue weighted by molar-refractivity contribution is 0.0970. The zero-order valence-corrected chi connectivity index (χ0v) is 21.5. The van der Waals surface area contributed by atoms with Gasteiger partial charge in [0.2, 0.25) is 10.9 Å². The molecule has 8 heteroatoms. The lowest BCUT2D eigenvalue weighted by Crippen LogP contribution is -2.29. The zero-order chi connectivity index (χ0) is 25.2. The van der Waals surface area contributed by atoms with Gasteiger partial charge in [-0.3, -0.25) is 14.5 Å². The molecule has 0 N–H and O–H groups in total. The molecule has 3 heterocycles. The Morgan fingerprint density at radius 2 is 1.81 bits per heavy atom. The van der Waals surface area contributed by atoms with Gasteiger partial charge in [-0.1, -0.05) is 75.6 Å². The fraction of sp³-hybridized carbons (Fsp3) is 0.357. The summed E-state index contributed by atoms with van der Waals surface area (Å²) in [4.78, 5) is 28.8. The highest BCUT2D eigenvalue weighted by Gasteiger charge is 2.45. The molecule has 0 bridgehead atoms. The number of nitrogens with zero attached hydrogens (tertiary/aromatic N) is 3. The lowest BCUT2D eigenvalue weighted by atomic mass is 9.98. The first-order valence-corrected chi connectivity index (χ1v) is 13.3. The van der Waals surface area contributed by atoms with Crippen molar-refractivity contribution in [3.63, 3.8) is 0 Å². The molecule has 2 aromatic carbocycles. The molecule has 1 amide bonds. The van der Waals surface area contributed by atoms with Crippen molar-refractivity contribution in [3.05, 3.63) is 80.6 Å². The average molecular weight is 504 g/mol. The Morgan fingerprint density at radius 3 is 2.53 bits per heavy atom. The number of aromatic nitrogens is 2. The molecule has 0 saturated heterocycles. The van der Waals surface area contributed by atoms with E-state index in [0.29, 0.717) is 28.3 Å². The third-order valence-corrected chi connectivity index (χ3v) is 7.59. The number of anilines is 1. The number of para-hydroxylation sites is 1. The van der Waals surface area contributed by atoms with Crippen LogP contribution >= 0.6 is 11.3 Å².